The van der Waals surface area contributed by atoms with Gasteiger partial charge in [0.15, 0.2) is 0 Å². The maximum Gasteiger partial charge on any atom is 0.00429 e. The summed E-state index contributed by atoms with van der Waals surface area (Å²) in [4.78, 5) is 2.58. The summed E-state index contributed by atoms with van der Waals surface area (Å²) >= 11 is 4.65. The first kappa shape index (κ1) is 12.8. The van der Waals surface area contributed by atoms with Crippen LogP contribution in [0.1, 0.15) is 51.4 Å². The van der Waals surface area contributed by atoms with Crippen molar-refractivity contribution in [2.45, 2.75) is 51.4 Å². The molecule has 2 aliphatic carbocycles. The van der Waals surface area contributed by atoms with Gasteiger partial charge in [-0.15, -0.1) is 0 Å². The molecule has 0 radical (unpaired) electrons. The van der Waals surface area contributed by atoms with E-state index in [2.05, 4.69) is 24.6 Å². The Bertz CT molecular complexity index is 205. The van der Waals surface area contributed by atoms with Gasteiger partial charge in [0.1, 0.15) is 0 Å². The van der Waals surface area contributed by atoms with Crippen molar-refractivity contribution in [3.05, 3.63) is 0 Å². The van der Waals surface area contributed by atoms with Crippen LogP contribution in [0.15, 0.2) is 0 Å². The Morgan fingerprint density at radius 3 is 2.25 bits per heavy atom. The maximum absolute atomic E-state index is 4.65. The predicted octanol–water partition coefficient (Wildman–Crippen LogP) is 3.60. The first-order valence-electron chi connectivity index (χ1n) is 7.03. The van der Waals surface area contributed by atoms with Crippen LogP contribution in [0.4, 0.5) is 0 Å². The number of nitrogens with zero attached hydrogens (tertiary/aromatic N) is 1. The highest BCUT2D eigenvalue weighted by atomic mass is 32.1. The summed E-state index contributed by atoms with van der Waals surface area (Å²) < 4.78 is 0. The highest BCUT2D eigenvalue weighted by molar-refractivity contribution is 7.80. The summed E-state index contributed by atoms with van der Waals surface area (Å²) in [5.41, 5.74) is 0.531. The van der Waals surface area contributed by atoms with Gasteiger partial charge in [-0.05, 0) is 49.8 Å². The molecule has 0 atom stereocenters. The van der Waals surface area contributed by atoms with Gasteiger partial charge in [-0.1, -0.05) is 25.7 Å². The van der Waals surface area contributed by atoms with Crippen LogP contribution < -0.4 is 0 Å². The number of rotatable bonds is 5. The van der Waals surface area contributed by atoms with Crippen molar-refractivity contribution in [1.82, 2.24) is 4.90 Å². The second-order valence-electron chi connectivity index (χ2n) is 6.21. The van der Waals surface area contributed by atoms with E-state index in [0.717, 1.165) is 11.7 Å². The van der Waals surface area contributed by atoms with E-state index in [1.807, 2.05) is 0 Å². The maximum atomic E-state index is 4.65. The fraction of sp³-hybridized carbons (Fsp3) is 1.00. The van der Waals surface area contributed by atoms with Crippen molar-refractivity contribution in [2.24, 2.45) is 11.3 Å². The van der Waals surface area contributed by atoms with Crippen LogP contribution in [-0.2, 0) is 0 Å². The lowest BCUT2D eigenvalue weighted by Crippen LogP contribution is -2.37. The smallest absolute Gasteiger partial charge is 0.00429 e. The van der Waals surface area contributed by atoms with Crippen LogP contribution in [0, 0.1) is 11.3 Å². The molecule has 0 amide bonds. The minimum atomic E-state index is 0.531. The lowest BCUT2D eigenvalue weighted by Gasteiger charge is -2.35. The van der Waals surface area contributed by atoms with Gasteiger partial charge in [0.25, 0.3) is 0 Å². The summed E-state index contributed by atoms with van der Waals surface area (Å²) in [6.07, 6.45) is 11.5. The zero-order valence-electron chi connectivity index (χ0n) is 10.7. The number of hydrogen-bond donors (Lipinski definition) is 1. The molecule has 0 aliphatic heterocycles. The van der Waals surface area contributed by atoms with E-state index in [4.69, 9.17) is 0 Å². The standard InChI is InChI=1S/C14H27NS/c1-15(10-13-6-7-13)11-14(12-16)8-4-2-3-5-9-14/h13,16H,2-12H2,1H3. The van der Waals surface area contributed by atoms with E-state index in [0.29, 0.717) is 5.41 Å². The normalized spacial score (nSPS) is 25.7. The molecule has 0 aromatic rings. The highest BCUT2D eigenvalue weighted by Gasteiger charge is 2.32. The van der Waals surface area contributed by atoms with Gasteiger partial charge >= 0.3 is 0 Å². The van der Waals surface area contributed by atoms with E-state index in [9.17, 15) is 0 Å². The summed E-state index contributed by atoms with van der Waals surface area (Å²) in [6.45, 7) is 2.61. The second-order valence-corrected chi connectivity index (χ2v) is 6.53. The van der Waals surface area contributed by atoms with Gasteiger partial charge in [0.2, 0.25) is 0 Å². The zero-order chi connectivity index (χ0) is 11.4. The van der Waals surface area contributed by atoms with Crippen molar-refractivity contribution in [1.29, 1.82) is 0 Å². The van der Waals surface area contributed by atoms with E-state index in [1.54, 1.807) is 0 Å². The SMILES string of the molecule is CN(CC1CC1)CC1(CS)CCCCCC1. The van der Waals surface area contributed by atoms with Gasteiger partial charge in [-0.3, -0.25) is 0 Å². The summed E-state index contributed by atoms with van der Waals surface area (Å²) in [6, 6.07) is 0. The van der Waals surface area contributed by atoms with Gasteiger partial charge in [-0.25, -0.2) is 0 Å². The Balaban J connectivity index is 1.85. The molecule has 0 aromatic heterocycles. The summed E-state index contributed by atoms with van der Waals surface area (Å²) in [7, 11) is 2.31. The summed E-state index contributed by atoms with van der Waals surface area (Å²) in [5, 5.41) is 0. The largest absolute Gasteiger partial charge is 0.306 e. The van der Waals surface area contributed by atoms with Crippen molar-refractivity contribution in [2.75, 3.05) is 25.9 Å². The van der Waals surface area contributed by atoms with Crippen LogP contribution in [0.5, 0.6) is 0 Å². The van der Waals surface area contributed by atoms with Crippen molar-refractivity contribution in [3.8, 4) is 0 Å². The molecule has 0 unspecified atom stereocenters. The molecule has 2 rings (SSSR count). The summed E-state index contributed by atoms with van der Waals surface area (Å²) in [5.74, 6) is 2.11. The lowest BCUT2D eigenvalue weighted by molar-refractivity contribution is 0.171. The van der Waals surface area contributed by atoms with Gasteiger partial charge in [0.05, 0.1) is 0 Å². The number of thiol groups is 1. The zero-order valence-corrected chi connectivity index (χ0v) is 11.6. The molecular weight excluding hydrogens is 214 g/mol. The highest BCUT2D eigenvalue weighted by Crippen LogP contribution is 2.37. The molecule has 94 valence electrons. The molecule has 2 fully saturated rings. The van der Waals surface area contributed by atoms with Crippen LogP contribution >= 0.6 is 12.6 Å². The first-order valence-corrected chi connectivity index (χ1v) is 7.67. The Hall–Kier alpha value is 0.310. The second kappa shape index (κ2) is 5.77. The quantitative estimate of drug-likeness (QED) is 0.568. The van der Waals surface area contributed by atoms with Crippen LogP contribution in [0.2, 0.25) is 0 Å². The molecule has 2 heteroatoms. The number of hydrogen-bond acceptors (Lipinski definition) is 2. The third-order valence-corrected chi connectivity index (χ3v) is 5.04. The molecule has 16 heavy (non-hydrogen) atoms. The van der Waals surface area contributed by atoms with Crippen molar-refractivity contribution in [3.63, 3.8) is 0 Å². The minimum absolute atomic E-state index is 0.531. The molecule has 1 nitrogen and oxygen atoms in total. The Morgan fingerprint density at radius 2 is 1.75 bits per heavy atom. The molecule has 0 N–H and O–H groups in total. The molecule has 2 aliphatic rings. The average Bonchev–Trinajstić information content (AvgIpc) is 3.06. The molecular formula is C14H27NS. The molecule has 0 aromatic carbocycles. The third kappa shape index (κ3) is 3.66. The van der Waals surface area contributed by atoms with E-state index in [-0.39, 0.29) is 0 Å². The van der Waals surface area contributed by atoms with Gasteiger partial charge in [0, 0.05) is 13.1 Å². The van der Waals surface area contributed by atoms with E-state index < -0.39 is 0 Å². The fourth-order valence-electron chi connectivity index (χ4n) is 3.22. The Kier molecular flexibility index (Phi) is 4.60. The average molecular weight is 241 g/mol. The van der Waals surface area contributed by atoms with E-state index >= 15 is 0 Å². The predicted molar refractivity (Wildman–Crippen MR) is 74.2 cm³/mol. The molecule has 0 spiro atoms. The topological polar surface area (TPSA) is 3.24 Å². The molecule has 2 saturated carbocycles. The fourth-order valence-corrected chi connectivity index (χ4v) is 3.64. The molecule has 0 saturated heterocycles. The minimum Gasteiger partial charge on any atom is -0.306 e. The van der Waals surface area contributed by atoms with Crippen LogP contribution in [-0.4, -0.2) is 30.8 Å². The third-order valence-electron chi connectivity index (χ3n) is 4.37. The van der Waals surface area contributed by atoms with Crippen LogP contribution in [0.3, 0.4) is 0 Å². The molecule has 0 heterocycles. The monoisotopic (exact) mass is 241 g/mol. The lowest BCUT2D eigenvalue weighted by atomic mass is 9.81. The van der Waals surface area contributed by atoms with Gasteiger partial charge < -0.3 is 4.90 Å². The Labute approximate surface area is 106 Å². The van der Waals surface area contributed by atoms with Crippen LogP contribution in [0.25, 0.3) is 0 Å². The molecule has 0 bridgehead atoms. The van der Waals surface area contributed by atoms with Crippen molar-refractivity contribution < 1.29 is 0 Å². The van der Waals surface area contributed by atoms with Gasteiger partial charge in [-0.2, -0.15) is 12.6 Å². The Morgan fingerprint density at radius 1 is 1.12 bits per heavy atom. The van der Waals surface area contributed by atoms with E-state index in [1.165, 1.54) is 64.5 Å². The van der Waals surface area contributed by atoms with Crippen molar-refractivity contribution >= 4 is 12.6 Å². The first-order chi connectivity index (χ1) is 7.74.